The number of hydrogen-bond donors (Lipinski definition) is 2. The highest BCUT2D eigenvalue weighted by molar-refractivity contribution is 4.84. The number of aliphatic hydroxyl groups is 2. The molecule has 2 nitrogen and oxygen atoms in total. The Morgan fingerprint density at radius 3 is 2.43 bits per heavy atom. The van der Waals surface area contributed by atoms with Gasteiger partial charge in [0.05, 0.1) is 12.7 Å². The average Bonchev–Trinajstić information content (AvgIpc) is 1.68. The molecule has 0 aliphatic heterocycles. The second kappa shape index (κ2) is 3.84. The van der Waals surface area contributed by atoms with Crippen molar-refractivity contribution in [1.82, 2.24) is 0 Å². The molecule has 0 amide bonds. The van der Waals surface area contributed by atoms with Crippen LogP contribution in [0.15, 0.2) is 12.2 Å². The van der Waals surface area contributed by atoms with Crippen molar-refractivity contribution in [3.05, 3.63) is 12.2 Å². The third-order valence-electron chi connectivity index (χ3n) is 0.602. The second-order valence-electron chi connectivity index (χ2n) is 1.28. The van der Waals surface area contributed by atoms with E-state index < -0.39 is 6.10 Å². The summed E-state index contributed by atoms with van der Waals surface area (Å²) in [6.07, 6.45) is 2.55. The summed E-state index contributed by atoms with van der Waals surface area (Å²) in [5, 5.41) is 16.7. The van der Waals surface area contributed by atoms with Crippen LogP contribution < -0.4 is 0 Å². The Balaban J connectivity index is 3.16. The number of hydrogen-bond acceptors (Lipinski definition) is 2. The van der Waals surface area contributed by atoms with Crippen molar-refractivity contribution in [2.24, 2.45) is 0 Å². The molecule has 0 aliphatic carbocycles. The minimum atomic E-state index is -0.676. The van der Waals surface area contributed by atoms with Crippen LogP contribution in [0.1, 0.15) is 6.92 Å². The van der Waals surface area contributed by atoms with E-state index in [4.69, 9.17) is 10.2 Å². The molecule has 0 saturated heterocycles. The van der Waals surface area contributed by atoms with Crippen LogP contribution in [0.2, 0.25) is 0 Å². The lowest BCUT2D eigenvalue weighted by Crippen LogP contribution is -2.06. The Hall–Kier alpha value is -0.340. The lowest BCUT2D eigenvalue weighted by Gasteiger charge is -1.94. The lowest BCUT2D eigenvalue weighted by molar-refractivity contribution is 0.131. The molecule has 0 aromatic carbocycles. The van der Waals surface area contributed by atoms with Crippen molar-refractivity contribution in [2.75, 3.05) is 6.61 Å². The zero-order valence-corrected chi connectivity index (χ0v) is 4.33. The molecule has 0 aliphatic rings. The van der Waals surface area contributed by atoms with Crippen LogP contribution in [0.25, 0.3) is 0 Å². The van der Waals surface area contributed by atoms with E-state index in [9.17, 15) is 0 Å². The van der Waals surface area contributed by atoms with Gasteiger partial charge in [-0.15, -0.1) is 0 Å². The quantitative estimate of drug-likeness (QED) is 0.478. The van der Waals surface area contributed by atoms with Crippen LogP contribution >= 0.6 is 0 Å². The molecule has 1 atom stereocenters. The van der Waals surface area contributed by atoms with Crippen LogP contribution in [-0.4, -0.2) is 22.9 Å². The van der Waals surface area contributed by atoms with Gasteiger partial charge in [-0.3, -0.25) is 0 Å². The van der Waals surface area contributed by atoms with Gasteiger partial charge in [-0.1, -0.05) is 12.2 Å². The summed E-state index contributed by atoms with van der Waals surface area (Å²) >= 11 is 0. The molecule has 0 bridgehead atoms. The van der Waals surface area contributed by atoms with Gasteiger partial charge in [0.1, 0.15) is 0 Å². The van der Waals surface area contributed by atoms with E-state index in [1.807, 2.05) is 0 Å². The smallest absolute Gasteiger partial charge is 0.0951 e. The molecule has 0 fully saturated rings. The van der Waals surface area contributed by atoms with Gasteiger partial charge >= 0.3 is 0 Å². The summed E-state index contributed by atoms with van der Waals surface area (Å²) in [4.78, 5) is 0. The molecule has 0 heterocycles. The van der Waals surface area contributed by atoms with Gasteiger partial charge in [0.25, 0.3) is 0 Å². The lowest BCUT2D eigenvalue weighted by atomic mass is 10.3. The van der Waals surface area contributed by atoms with Crippen molar-refractivity contribution in [1.29, 1.82) is 0 Å². The fourth-order valence-electron chi connectivity index (χ4n) is 0.283. The average molecular weight is 102 g/mol. The molecule has 0 aromatic heterocycles. The first kappa shape index (κ1) is 6.66. The van der Waals surface area contributed by atoms with Crippen molar-refractivity contribution < 1.29 is 10.2 Å². The first-order chi connectivity index (χ1) is 3.31. The van der Waals surface area contributed by atoms with Crippen molar-refractivity contribution in [3.63, 3.8) is 0 Å². The summed E-state index contributed by atoms with van der Waals surface area (Å²) in [6, 6.07) is 0. The molecule has 0 radical (unpaired) electrons. The largest absolute Gasteiger partial charge is 0.393 e. The standard InChI is InChI=1S/C5H10O2/c1-2-3-5(7)4-6/h2-3,5-7H,4H2,1H3/b3-2+/t5-/m1/s1. The Labute approximate surface area is 43.1 Å². The summed E-state index contributed by atoms with van der Waals surface area (Å²) in [5.74, 6) is 0. The summed E-state index contributed by atoms with van der Waals surface area (Å²) in [7, 11) is 0. The van der Waals surface area contributed by atoms with E-state index in [0.29, 0.717) is 0 Å². The highest BCUT2D eigenvalue weighted by Gasteiger charge is 1.89. The molecule has 7 heavy (non-hydrogen) atoms. The summed E-state index contributed by atoms with van der Waals surface area (Å²) in [6.45, 7) is 1.60. The van der Waals surface area contributed by atoms with Gasteiger partial charge in [-0.2, -0.15) is 0 Å². The number of allylic oxidation sites excluding steroid dienone is 1. The van der Waals surface area contributed by atoms with Crippen molar-refractivity contribution in [2.45, 2.75) is 13.0 Å². The highest BCUT2D eigenvalue weighted by Crippen LogP contribution is 1.80. The normalized spacial score (nSPS) is 15.3. The van der Waals surface area contributed by atoms with Crippen LogP contribution in [0, 0.1) is 0 Å². The van der Waals surface area contributed by atoms with Crippen LogP contribution in [0.4, 0.5) is 0 Å². The van der Waals surface area contributed by atoms with E-state index in [-0.39, 0.29) is 6.61 Å². The molecular weight excluding hydrogens is 92.1 g/mol. The molecule has 0 aromatic rings. The zero-order valence-electron chi connectivity index (χ0n) is 4.33. The minimum absolute atomic E-state index is 0.190. The van der Waals surface area contributed by atoms with Gasteiger partial charge in [0.2, 0.25) is 0 Å². The van der Waals surface area contributed by atoms with Crippen molar-refractivity contribution >= 4 is 0 Å². The van der Waals surface area contributed by atoms with E-state index in [0.717, 1.165) is 0 Å². The van der Waals surface area contributed by atoms with Gasteiger partial charge in [0, 0.05) is 0 Å². The predicted octanol–water partition coefficient (Wildman–Crippen LogP) is -0.0843. The topological polar surface area (TPSA) is 40.5 Å². The Morgan fingerprint density at radius 2 is 2.29 bits per heavy atom. The van der Waals surface area contributed by atoms with Gasteiger partial charge in [-0.05, 0) is 6.92 Å². The molecular formula is C5H10O2. The molecule has 42 valence electrons. The molecule has 0 unspecified atom stereocenters. The van der Waals surface area contributed by atoms with E-state index >= 15 is 0 Å². The first-order valence-corrected chi connectivity index (χ1v) is 2.23. The van der Waals surface area contributed by atoms with E-state index in [1.54, 1.807) is 13.0 Å². The van der Waals surface area contributed by atoms with Crippen LogP contribution in [-0.2, 0) is 0 Å². The van der Waals surface area contributed by atoms with Gasteiger partial charge < -0.3 is 10.2 Å². The third-order valence-corrected chi connectivity index (χ3v) is 0.602. The third kappa shape index (κ3) is 3.49. The fraction of sp³-hybridized carbons (Fsp3) is 0.600. The molecule has 2 N–H and O–H groups in total. The highest BCUT2D eigenvalue weighted by atomic mass is 16.3. The molecule has 0 rings (SSSR count). The number of rotatable bonds is 2. The van der Waals surface area contributed by atoms with Crippen molar-refractivity contribution in [3.8, 4) is 0 Å². The van der Waals surface area contributed by atoms with Gasteiger partial charge in [0.15, 0.2) is 0 Å². The Kier molecular flexibility index (Phi) is 3.65. The van der Waals surface area contributed by atoms with Gasteiger partial charge in [-0.25, -0.2) is 0 Å². The summed E-state index contributed by atoms with van der Waals surface area (Å²) < 4.78 is 0. The molecule has 0 spiro atoms. The minimum Gasteiger partial charge on any atom is -0.393 e. The fourth-order valence-corrected chi connectivity index (χ4v) is 0.283. The second-order valence-corrected chi connectivity index (χ2v) is 1.28. The van der Waals surface area contributed by atoms with Crippen LogP contribution in [0.5, 0.6) is 0 Å². The summed E-state index contributed by atoms with van der Waals surface area (Å²) in [5.41, 5.74) is 0. The van der Waals surface area contributed by atoms with E-state index in [1.165, 1.54) is 6.08 Å². The predicted molar refractivity (Wildman–Crippen MR) is 27.9 cm³/mol. The maximum atomic E-state index is 8.52. The maximum Gasteiger partial charge on any atom is 0.0951 e. The number of aliphatic hydroxyl groups excluding tert-OH is 2. The maximum absolute atomic E-state index is 8.52. The molecule has 2 heteroatoms. The van der Waals surface area contributed by atoms with Crippen LogP contribution in [0.3, 0.4) is 0 Å². The Morgan fingerprint density at radius 1 is 1.71 bits per heavy atom. The monoisotopic (exact) mass is 102 g/mol. The molecule has 0 saturated carbocycles. The zero-order chi connectivity index (χ0) is 5.70. The van der Waals surface area contributed by atoms with E-state index in [2.05, 4.69) is 0 Å². The SMILES string of the molecule is C/C=C/[C@@H](O)CO. The first-order valence-electron chi connectivity index (χ1n) is 2.23. The Bertz CT molecular complexity index is 59.1.